The van der Waals surface area contributed by atoms with Gasteiger partial charge in [-0.15, -0.1) is 6.58 Å². The van der Waals surface area contributed by atoms with Crippen LogP contribution in [0.4, 0.5) is 0 Å². The summed E-state index contributed by atoms with van der Waals surface area (Å²) in [6, 6.07) is 0. The van der Waals surface area contributed by atoms with Gasteiger partial charge in [0.15, 0.2) is 6.29 Å². The Kier molecular flexibility index (Phi) is 3.87. The summed E-state index contributed by atoms with van der Waals surface area (Å²) in [5, 5.41) is 18.7. The molecule has 2 N–H and O–H groups in total. The highest BCUT2D eigenvalue weighted by Gasteiger charge is 2.34. The molecule has 4 atom stereocenters. The largest absolute Gasteiger partial charge is 0.390 e. The van der Waals surface area contributed by atoms with Crippen LogP contribution >= 0.6 is 0 Å². The number of rotatable bonds is 3. The van der Waals surface area contributed by atoms with Crippen LogP contribution in [0.1, 0.15) is 13.3 Å². The van der Waals surface area contributed by atoms with Crippen molar-refractivity contribution >= 4 is 0 Å². The molecule has 0 amide bonds. The van der Waals surface area contributed by atoms with Gasteiger partial charge in [0.25, 0.3) is 0 Å². The fourth-order valence-electron chi connectivity index (χ4n) is 1.31. The quantitative estimate of drug-likeness (QED) is 0.614. The van der Waals surface area contributed by atoms with E-state index in [1.54, 1.807) is 13.0 Å². The van der Waals surface area contributed by atoms with E-state index in [0.717, 1.165) is 0 Å². The molecule has 0 aromatic carbocycles. The second kappa shape index (κ2) is 4.72. The van der Waals surface area contributed by atoms with Gasteiger partial charge in [0.05, 0.1) is 18.8 Å². The molecule has 76 valence electrons. The lowest BCUT2D eigenvalue weighted by Crippen LogP contribution is -2.47. The maximum absolute atomic E-state index is 9.38. The van der Waals surface area contributed by atoms with E-state index in [-0.39, 0.29) is 0 Å². The molecule has 0 saturated carbocycles. The van der Waals surface area contributed by atoms with E-state index in [2.05, 4.69) is 6.58 Å². The predicted molar refractivity (Wildman–Crippen MR) is 47.1 cm³/mol. The molecule has 1 heterocycles. The zero-order chi connectivity index (χ0) is 9.84. The molecule has 13 heavy (non-hydrogen) atoms. The van der Waals surface area contributed by atoms with Crippen LogP contribution in [0.2, 0.25) is 0 Å². The van der Waals surface area contributed by atoms with E-state index < -0.39 is 24.6 Å². The van der Waals surface area contributed by atoms with E-state index >= 15 is 0 Å². The molecular weight excluding hydrogens is 172 g/mol. The fourth-order valence-corrected chi connectivity index (χ4v) is 1.31. The molecule has 0 unspecified atom stereocenters. The van der Waals surface area contributed by atoms with Crippen molar-refractivity contribution in [1.82, 2.24) is 0 Å². The van der Waals surface area contributed by atoms with Crippen molar-refractivity contribution in [3.63, 3.8) is 0 Å². The summed E-state index contributed by atoms with van der Waals surface area (Å²) in [5.41, 5.74) is 0. The molecule has 4 nitrogen and oxygen atoms in total. The van der Waals surface area contributed by atoms with Crippen LogP contribution in [-0.2, 0) is 9.47 Å². The zero-order valence-electron chi connectivity index (χ0n) is 7.72. The first kappa shape index (κ1) is 10.7. The van der Waals surface area contributed by atoms with Gasteiger partial charge < -0.3 is 19.7 Å². The Balaban J connectivity index is 2.39. The van der Waals surface area contributed by atoms with Crippen LogP contribution in [0.15, 0.2) is 12.7 Å². The average Bonchev–Trinajstić information content (AvgIpc) is 2.10. The highest BCUT2D eigenvalue weighted by atomic mass is 16.7. The smallest absolute Gasteiger partial charge is 0.161 e. The van der Waals surface area contributed by atoms with Gasteiger partial charge >= 0.3 is 0 Å². The van der Waals surface area contributed by atoms with E-state index in [0.29, 0.717) is 13.0 Å². The minimum absolute atomic E-state index is 0.305. The molecule has 1 rings (SSSR count). The van der Waals surface area contributed by atoms with Gasteiger partial charge in [-0.25, -0.2) is 0 Å². The number of aliphatic hydroxyl groups excluding tert-OH is 2. The molecule has 0 aromatic heterocycles. The summed E-state index contributed by atoms with van der Waals surface area (Å²) in [4.78, 5) is 0. The highest BCUT2D eigenvalue weighted by Crippen LogP contribution is 2.20. The van der Waals surface area contributed by atoms with Gasteiger partial charge in [0.2, 0.25) is 0 Å². The average molecular weight is 188 g/mol. The summed E-state index contributed by atoms with van der Waals surface area (Å²) in [6.07, 6.45) is -0.489. The van der Waals surface area contributed by atoms with Crippen molar-refractivity contribution < 1.29 is 19.7 Å². The molecule has 4 heteroatoms. The monoisotopic (exact) mass is 188 g/mol. The van der Waals surface area contributed by atoms with E-state index in [1.807, 2.05) is 0 Å². The van der Waals surface area contributed by atoms with Crippen LogP contribution in [0.5, 0.6) is 0 Å². The summed E-state index contributed by atoms with van der Waals surface area (Å²) in [5.74, 6) is 0. The molecule has 1 aliphatic heterocycles. The van der Waals surface area contributed by atoms with Crippen LogP contribution in [-0.4, -0.2) is 41.4 Å². The molecule has 0 aromatic rings. The molecule has 0 radical (unpaired) electrons. The summed E-state index contributed by atoms with van der Waals surface area (Å²) >= 11 is 0. The first-order valence-corrected chi connectivity index (χ1v) is 4.39. The third-order valence-electron chi connectivity index (χ3n) is 2.08. The third kappa shape index (κ3) is 2.77. The van der Waals surface area contributed by atoms with Crippen LogP contribution in [0, 0.1) is 0 Å². The van der Waals surface area contributed by atoms with Gasteiger partial charge in [-0.2, -0.15) is 0 Å². The first-order chi connectivity index (χ1) is 6.15. The standard InChI is InChI=1S/C9H16O4/c1-3-4-12-8-5-7(10)9(11)6(2)13-8/h3,6-11H,1,4-5H2,2H3/t6-,7+,8+,9-/m1/s1. The minimum Gasteiger partial charge on any atom is -0.390 e. The molecule has 0 bridgehead atoms. The molecule has 1 aliphatic rings. The maximum atomic E-state index is 9.38. The van der Waals surface area contributed by atoms with Crippen molar-refractivity contribution in [2.45, 2.75) is 37.9 Å². The fraction of sp³-hybridized carbons (Fsp3) is 0.778. The van der Waals surface area contributed by atoms with E-state index in [4.69, 9.17) is 9.47 Å². The van der Waals surface area contributed by atoms with E-state index in [1.165, 1.54) is 0 Å². The first-order valence-electron chi connectivity index (χ1n) is 4.39. The Hall–Kier alpha value is -0.420. The summed E-state index contributed by atoms with van der Waals surface area (Å²) in [7, 11) is 0. The lowest BCUT2D eigenvalue weighted by atomic mass is 10.0. The van der Waals surface area contributed by atoms with Crippen molar-refractivity contribution in [2.24, 2.45) is 0 Å². The zero-order valence-corrected chi connectivity index (χ0v) is 7.72. The van der Waals surface area contributed by atoms with Crippen molar-refractivity contribution in [3.8, 4) is 0 Å². The van der Waals surface area contributed by atoms with Crippen LogP contribution < -0.4 is 0 Å². The summed E-state index contributed by atoms with van der Waals surface area (Å²) < 4.78 is 10.5. The minimum atomic E-state index is -0.816. The Morgan fingerprint density at radius 3 is 2.85 bits per heavy atom. The predicted octanol–water partition coefficient (Wildman–Crippen LogP) is 0.0457. The van der Waals surface area contributed by atoms with Gasteiger partial charge in [0, 0.05) is 6.42 Å². The van der Waals surface area contributed by atoms with E-state index in [9.17, 15) is 10.2 Å². The SMILES string of the molecule is C=CCO[C@@H]1C[C@H](O)[C@H](O)[C@@H](C)O1. The lowest BCUT2D eigenvalue weighted by molar-refractivity contribution is -0.242. The van der Waals surface area contributed by atoms with Crippen LogP contribution in [0.25, 0.3) is 0 Å². The number of hydrogen-bond acceptors (Lipinski definition) is 4. The molecule has 1 saturated heterocycles. The topological polar surface area (TPSA) is 58.9 Å². The maximum Gasteiger partial charge on any atom is 0.161 e. The molecule has 0 spiro atoms. The van der Waals surface area contributed by atoms with Crippen molar-refractivity contribution in [3.05, 3.63) is 12.7 Å². The number of ether oxygens (including phenoxy) is 2. The Morgan fingerprint density at radius 1 is 1.62 bits per heavy atom. The Labute approximate surface area is 77.8 Å². The second-order valence-electron chi connectivity index (χ2n) is 3.19. The Morgan fingerprint density at radius 2 is 2.31 bits per heavy atom. The molecule has 0 aliphatic carbocycles. The number of hydrogen-bond donors (Lipinski definition) is 2. The second-order valence-corrected chi connectivity index (χ2v) is 3.19. The number of aliphatic hydroxyl groups is 2. The molecule has 1 fully saturated rings. The third-order valence-corrected chi connectivity index (χ3v) is 2.08. The van der Waals surface area contributed by atoms with Gasteiger partial charge in [-0.3, -0.25) is 0 Å². The van der Waals surface area contributed by atoms with Gasteiger partial charge in [-0.05, 0) is 6.92 Å². The Bertz CT molecular complexity index is 159. The van der Waals surface area contributed by atoms with Crippen molar-refractivity contribution in [1.29, 1.82) is 0 Å². The van der Waals surface area contributed by atoms with Crippen LogP contribution in [0.3, 0.4) is 0 Å². The van der Waals surface area contributed by atoms with Crippen molar-refractivity contribution in [2.75, 3.05) is 6.61 Å². The highest BCUT2D eigenvalue weighted by molar-refractivity contribution is 4.80. The molecular formula is C9H16O4. The lowest BCUT2D eigenvalue weighted by Gasteiger charge is -2.34. The summed E-state index contributed by atoms with van der Waals surface area (Å²) in [6.45, 7) is 5.60. The van der Waals surface area contributed by atoms with Gasteiger partial charge in [-0.1, -0.05) is 6.08 Å². The van der Waals surface area contributed by atoms with Gasteiger partial charge in [0.1, 0.15) is 6.10 Å². The normalized spacial score (nSPS) is 40.2.